The maximum absolute atomic E-state index is 13.0. The Kier molecular flexibility index (Phi) is 8.95. The van der Waals surface area contributed by atoms with Crippen molar-refractivity contribution in [3.63, 3.8) is 0 Å². The third-order valence-electron chi connectivity index (χ3n) is 5.85. The number of aromatic nitrogens is 4. The Balaban J connectivity index is 1.88. The molecule has 0 spiro atoms. The first-order chi connectivity index (χ1) is 17.9. The fourth-order valence-corrected chi connectivity index (χ4v) is 3.20. The highest BCUT2D eigenvalue weighted by Gasteiger charge is 2.17. The van der Waals surface area contributed by atoms with Crippen molar-refractivity contribution >= 4 is 28.7 Å². The summed E-state index contributed by atoms with van der Waals surface area (Å²) in [6.45, 7) is 9.46. The number of fused-ring (bicyclic) bond motifs is 1. The predicted octanol–water partition coefficient (Wildman–Crippen LogP) is 3.17. The van der Waals surface area contributed by atoms with E-state index in [0.717, 1.165) is 18.7 Å². The van der Waals surface area contributed by atoms with Crippen LogP contribution in [0.5, 0.6) is 11.6 Å². The number of benzene rings is 1. The van der Waals surface area contributed by atoms with Gasteiger partial charge >= 0.3 is 0 Å². The minimum absolute atomic E-state index is 0.254. The van der Waals surface area contributed by atoms with Gasteiger partial charge in [-0.3, -0.25) is 9.79 Å². The third kappa shape index (κ3) is 7.22. The highest BCUT2D eigenvalue weighted by atomic mass is 16.5. The maximum Gasteiger partial charge on any atom is 0.256 e. The Morgan fingerprint density at radius 3 is 2.55 bits per heavy atom. The molecule has 0 radical (unpaired) electrons. The van der Waals surface area contributed by atoms with Gasteiger partial charge in [0.15, 0.2) is 5.52 Å². The number of aryl methyl sites for hydroxylation is 1. The van der Waals surface area contributed by atoms with E-state index in [-0.39, 0.29) is 17.2 Å². The Labute approximate surface area is 223 Å². The summed E-state index contributed by atoms with van der Waals surface area (Å²) in [5.41, 5.74) is 8.76. The van der Waals surface area contributed by atoms with Crippen molar-refractivity contribution < 1.29 is 9.53 Å². The number of aliphatic imine (C=N–C) groups is 1. The van der Waals surface area contributed by atoms with Gasteiger partial charge in [0.05, 0.1) is 6.20 Å². The molecular weight excluding hydrogens is 482 g/mol. The fourth-order valence-electron chi connectivity index (χ4n) is 3.20. The van der Waals surface area contributed by atoms with Crippen molar-refractivity contribution in [2.24, 2.45) is 16.1 Å². The van der Waals surface area contributed by atoms with E-state index >= 15 is 0 Å². The molecule has 1 aromatic carbocycles. The van der Waals surface area contributed by atoms with Gasteiger partial charge in [0.2, 0.25) is 11.8 Å². The number of amides is 1. The molecule has 3 N–H and O–H groups in total. The molecule has 1 amide bonds. The lowest BCUT2D eigenvalue weighted by atomic mass is 9.92. The Bertz CT molecular complexity index is 1360. The van der Waals surface area contributed by atoms with Crippen molar-refractivity contribution in [1.82, 2.24) is 30.2 Å². The van der Waals surface area contributed by atoms with Crippen LogP contribution in [0.15, 0.2) is 47.5 Å². The summed E-state index contributed by atoms with van der Waals surface area (Å²) in [4.78, 5) is 38.9. The number of nitrogens with two attached hydrogens (primary N) is 1. The summed E-state index contributed by atoms with van der Waals surface area (Å²) in [5, 5.41) is 2.81. The van der Waals surface area contributed by atoms with Gasteiger partial charge in [0.25, 0.3) is 5.91 Å². The number of carbonyl (C=O) groups is 1. The average molecular weight is 520 g/mol. The molecule has 38 heavy (non-hydrogen) atoms. The second-order valence-corrected chi connectivity index (χ2v) is 10.3. The van der Waals surface area contributed by atoms with Crippen LogP contribution in [0.4, 0.5) is 5.95 Å². The number of carbonyl (C=O) groups excluding carboxylic acids is 1. The zero-order valence-electron chi connectivity index (χ0n) is 23.4. The minimum atomic E-state index is -0.340. The second kappa shape index (κ2) is 12.0. The average Bonchev–Trinajstić information content (AvgIpc) is 2.87. The lowest BCUT2D eigenvalue weighted by molar-refractivity contribution is 0.0977. The highest BCUT2D eigenvalue weighted by molar-refractivity contribution is 6.10. The van der Waals surface area contributed by atoms with Crippen LogP contribution in [0.25, 0.3) is 11.0 Å². The van der Waals surface area contributed by atoms with Crippen LogP contribution < -0.4 is 20.7 Å². The lowest BCUT2D eigenvalue weighted by Crippen LogP contribution is -2.31. The van der Waals surface area contributed by atoms with E-state index in [9.17, 15) is 4.79 Å². The smallest absolute Gasteiger partial charge is 0.256 e. The van der Waals surface area contributed by atoms with Crippen LogP contribution in [0.3, 0.4) is 0 Å². The number of nitrogens with zero attached hydrogens (tertiary/aromatic N) is 7. The van der Waals surface area contributed by atoms with Gasteiger partial charge in [-0.15, -0.1) is 0 Å². The molecule has 11 nitrogen and oxygen atoms in total. The molecule has 0 bridgehead atoms. The van der Waals surface area contributed by atoms with E-state index in [1.54, 1.807) is 31.5 Å². The van der Waals surface area contributed by atoms with E-state index in [1.807, 2.05) is 59.8 Å². The van der Waals surface area contributed by atoms with Crippen LogP contribution in [-0.2, 0) is 0 Å². The normalized spacial score (nSPS) is 12.7. The molecule has 0 aliphatic heterocycles. The quantitative estimate of drug-likeness (QED) is 0.340. The molecule has 0 fully saturated rings. The van der Waals surface area contributed by atoms with Crippen molar-refractivity contribution in [1.29, 1.82) is 0 Å². The summed E-state index contributed by atoms with van der Waals surface area (Å²) >= 11 is 0. The molecule has 2 heterocycles. The largest absolute Gasteiger partial charge is 0.437 e. The van der Waals surface area contributed by atoms with Crippen LogP contribution in [0, 0.1) is 12.3 Å². The lowest BCUT2D eigenvalue weighted by Gasteiger charge is -2.19. The molecule has 0 saturated heterocycles. The molecule has 0 aliphatic rings. The number of hydrogen-bond acceptors (Lipinski definition) is 10. The van der Waals surface area contributed by atoms with Crippen LogP contribution in [-0.4, -0.2) is 77.9 Å². The molecule has 2 aromatic heterocycles. The first-order valence-electron chi connectivity index (χ1n) is 12.3. The van der Waals surface area contributed by atoms with Crippen molar-refractivity contribution in [2.45, 2.75) is 27.7 Å². The first kappa shape index (κ1) is 28.5. The first-order valence-corrected chi connectivity index (χ1v) is 12.3. The van der Waals surface area contributed by atoms with E-state index in [4.69, 9.17) is 10.5 Å². The van der Waals surface area contributed by atoms with Gasteiger partial charge in [-0.25, -0.2) is 15.0 Å². The summed E-state index contributed by atoms with van der Waals surface area (Å²) in [7, 11) is 7.55. The molecule has 0 saturated carbocycles. The van der Waals surface area contributed by atoms with Crippen LogP contribution >= 0.6 is 0 Å². The van der Waals surface area contributed by atoms with E-state index in [2.05, 4.69) is 35.1 Å². The van der Waals surface area contributed by atoms with Gasteiger partial charge in [0, 0.05) is 43.9 Å². The minimum Gasteiger partial charge on any atom is -0.437 e. The highest BCUT2D eigenvalue weighted by Crippen LogP contribution is 2.29. The van der Waals surface area contributed by atoms with E-state index in [0.29, 0.717) is 39.8 Å². The molecule has 0 aliphatic carbocycles. The van der Waals surface area contributed by atoms with Gasteiger partial charge in [-0.2, -0.15) is 4.98 Å². The zero-order valence-corrected chi connectivity index (χ0v) is 23.4. The predicted molar refractivity (Wildman–Crippen MR) is 151 cm³/mol. The molecule has 3 rings (SSSR count). The number of rotatable bonds is 8. The summed E-state index contributed by atoms with van der Waals surface area (Å²) < 4.78 is 6.18. The SMILES string of the molecule is CN=C(C=C(N)C(C)(C)C)NC(=O)c1ccc(C)c(Oc2ncnc3cnc(N(C)CCN(C)C)nc23)c1. The van der Waals surface area contributed by atoms with E-state index in [1.165, 1.54) is 6.33 Å². The molecular formula is C27H37N9O2. The van der Waals surface area contributed by atoms with Crippen molar-refractivity contribution in [3.05, 3.63) is 53.6 Å². The number of amidine groups is 1. The number of likely N-dealkylation sites (N-methyl/N-ethyl adjacent to an activating group) is 2. The summed E-state index contributed by atoms with van der Waals surface area (Å²) in [6, 6.07) is 5.19. The van der Waals surface area contributed by atoms with Gasteiger partial charge in [-0.1, -0.05) is 26.8 Å². The number of allylic oxidation sites excluding steroid dienone is 1. The fraction of sp³-hybridized carbons (Fsp3) is 0.407. The molecule has 0 atom stereocenters. The van der Waals surface area contributed by atoms with E-state index < -0.39 is 0 Å². The molecule has 202 valence electrons. The number of anilines is 1. The zero-order chi connectivity index (χ0) is 28.0. The number of ether oxygens (including phenoxy) is 1. The second-order valence-electron chi connectivity index (χ2n) is 10.3. The summed E-state index contributed by atoms with van der Waals surface area (Å²) in [5.74, 6) is 1.32. The Hall–Kier alpha value is -4.12. The summed E-state index contributed by atoms with van der Waals surface area (Å²) in [6.07, 6.45) is 4.72. The van der Waals surface area contributed by atoms with Gasteiger partial charge < -0.3 is 25.6 Å². The topological polar surface area (TPSA) is 135 Å². The van der Waals surface area contributed by atoms with Crippen LogP contribution in [0.1, 0.15) is 36.7 Å². The molecule has 0 unspecified atom stereocenters. The molecule has 3 aromatic rings. The third-order valence-corrected chi connectivity index (χ3v) is 5.85. The van der Waals surface area contributed by atoms with Gasteiger partial charge in [0.1, 0.15) is 23.4 Å². The number of hydrogen-bond donors (Lipinski definition) is 2. The maximum atomic E-state index is 13.0. The molecule has 11 heteroatoms. The van der Waals surface area contributed by atoms with Crippen molar-refractivity contribution in [3.8, 4) is 11.6 Å². The Morgan fingerprint density at radius 2 is 1.89 bits per heavy atom. The monoisotopic (exact) mass is 519 g/mol. The standard InChI is InChI=1S/C27H37N9O2/c1-17-9-10-18(24(37)33-22(29-5)14-21(28)27(2,3)4)13-20(17)38-25-23-19(31-16-32-25)15-30-26(34-23)36(8)12-11-35(6)7/h9-10,13-16H,11-12,28H2,1-8H3,(H,29,33,37). The van der Waals surface area contributed by atoms with Gasteiger partial charge in [-0.05, 0) is 44.8 Å². The van der Waals surface area contributed by atoms with Crippen LogP contribution in [0.2, 0.25) is 0 Å². The number of nitrogens with one attached hydrogen (secondary N) is 1. The van der Waals surface area contributed by atoms with Crippen molar-refractivity contribution in [2.75, 3.05) is 46.2 Å². The Morgan fingerprint density at radius 1 is 1.16 bits per heavy atom.